The van der Waals surface area contributed by atoms with Crippen molar-refractivity contribution in [1.82, 2.24) is 5.32 Å². The van der Waals surface area contributed by atoms with E-state index < -0.39 is 0 Å². The molecule has 0 aromatic heterocycles. The first-order valence-corrected chi connectivity index (χ1v) is 9.30. The molecule has 1 saturated heterocycles. The highest BCUT2D eigenvalue weighted by molar-refractivity contribution is 5.72. The largest absolute Gasteiger partial charge is 0.404 e. The lowest BCUT2D eigenvalue weighted by Gasteiger charge is -2.25. The fourth-order valence-electron chi connectivity index (χ4n) is 3.51. The Labute approximate surface area is 165 Å². The van der Waals surface area contributed by atoms with Gasteiger partial charge in [0.1, 0.15) is 12.1 Å². The van der Waals surface area contributed by atoms with Crippen LogP contribution in [0.4, 0.5) is 5.69 Å². The molecular weight excluding hydrogens is 346 g/mol. The van der Waals surface area contributed by atoms with Gasteiger partial charge < -0.3 is 16.4 Å². The minimum Gasteiger partial charge on any atom is -0.404 e. The third-order valence-corrected chi connectivity index (χ3v) is 4.97. The van der Waals surface area contributed by atoms with E-state index in [2.05, 4.69) is 35.4 Å². The van der Waals surface area contributed by atoms with E-state index in [4.69, 9.17) is 11.0 Å². The van der Waals surface area contributed by atoms with Gasteiger partial charge in [-0.2, -0.15) is 10.5 Å². The number of rotatable bonds is 4. The van der Waals surface area contributed by atoms with Crippen molar-refractivity contribution in [3.63, 3.8) is 0 Å². The van der Waals surface area contributed by atoms with Crippen LogP contribution >= 0.6 is 0 Å². The molecule has 0 bridgehead atoms. The summed E-state index contributed by atoms with van der Waals surface area (Å²) < 4.78 is 0. The fraction of sp³-hybridized carbons (Fsp3) is 0.217. The highest BCUT2D eigenvalue weighted by atomic mass is 15.0. The van der Waals surface area contributed by atoms with Crippen LogP contribution in [-0.2, 0) is 0 Å². The zero-order valence-electron chi connectivity index (χ0n) is 15.7. The molecule has 0 aliphatic carbocycles. The van der Waals surface area contributed by atoms with Crippen molar-refractivity contribution in [2.45, 2.75) is 18.9 Å². The highest BCUT2D eigenvalue weighted by Crippen LogP contribution is 2.23. The zero-order valence-corrected chi connectivity index (χ0v) is 15.7. The molecule has 0 saturated carbocycles. The van der Waals surface area contributed by atoms with Gasteiger partial charge in [0.05, 0.1) is 11.1 Å². The number of piperidine rings is 1. The molecule has 1 fully saturated rings. The molecule has 0 atom stereocenters. The lowest BCUT2D eigenvalue weighted by Crippen LogP contribution is -2.38. The second kappa shape index (κ2) is 8.90. The van der Waals surface area contributed by atoms with E-state index >= 15 is 0 Å². The van der Waals surface area contributed by atoms with Gasteiger partial charge in [0.25, 0.3) is 0 Å². The SMILES string of the molecule is C=C/C=c1/cc(-c2ccc(C#N)c(C#N)c2)cc(NC2CCNCC2)/c1=C/N. The zero-order chi connectivity index (χ0) is 19.9. The summed E-state index contributed by atoms with van der Waals surface area (Å²) in [7, 11) is 0. The van der Waals surface area contributed by atoms with Gasteiger partial charge in [-0.3, -0.25) is 0 Å². The van der Waals surface area contributed by atoms with E-state index in [-0.39, 0.29) is 0 Å². The molecule has 5 nitrogen and oxygen atoms in total. The summed E-state index contributed by atoms with van der Waals surface area (Å²) in [5.41, 5.74) is 9.50. The lowest BCUT2D eigenvalue weighted by atomic mass is 9.97. The van der Waals surface area contributed by atoms with Crippen LogP contribution in [0.1, 0.15) is 24.0 Å². The number of nitrogens with two attached hydrogens (primary N) is 1. The molecule has 2 aromatic rings. The second-order valence-corrected chi connectivity index (χ2v) is 6.75. The van der Waals surface area contributed by atoms with Crippen molar-refractivity contribution < 1.29 is 0 Å². The summed E-state index contributed by atoms with van der Waals surface area (Å²) in [5, 5.41) is 27.4. The minimum atomic E-state index is 0.372. The molecular formula is C23H23N5. The van der Waals surface area contributed by atoms with Crippen molar-refractivity contribution in [2.75, 3.05) is 18.4 Å². The molecule has 0 unspecified atom stereocenters. The molecule has 2 aromatic carbocycles. The highest BCUT2D eigenvalue weighted by Gasteiger charge is 2.14. The van der Waals surface area contributed by atoms with Gasteiger partial charge in [-0.05, 0) is 66.5 Å². The summed E-state index contributed by atoms with van der Waals surface area (Å²) in [6.45, 7) is 5.79. The van der Waals surface area contributed by atoms with E-state index in [9.17, 15) is 5.26 Å². The average molecular weight is 369 g/mol. The molecule has 1 aliphatic heterocycles. The summed E-state index contributed by atoms with van der Waals surface area (Å²) in [6.07, 6.45) is 7.36. The van der Waals surface area contributed by atoms with Crippen LogP contribution < -0.4 is 26.8 Å². The quantitative estimate of drug-likeness (QED) is 0.765. The molecule has 0 amide bonds. The Morgan fingerprint density at radius 1 is 1.07 bits per heavy atom. The van der Waals surface area contributed by atoms with Crippen LogP contribution in [0, 0.1) is 22.7 Å². The van der Waals surface area contributed by atoms with Crippen LogP contribution in [0.25, 0.3) is 23.4 Å². The Bertz CT molecular complexity index is 1080. The third kappa shape index (κ3) is 4.06. The Morgan fingerprint density at radius 3 is 2.46 bits per heavy atom. The smallest absolute Gasteiger partial charge is 0.101 e. The van der Waals surface area contributed by atoms with E-state index in [0.717, 1.165) is 53.2 Å². The molecule has 3 rings (SSSR count). The lowest BCUT2D eigenvalue weighted by molar-refractivity contribution is 0.479. The number of anilines is 1. The second-order valence-electron chi connectivity index (χ2n) is 6.75. The van der Waals surface area contributed by atoms with Gasteiger partial charge >= 0.3 is 0 Å². The normalized spacial score (nSPS) is 15.6. The van der Waals surface area contributed by atoms with Gasteiger partial charge in [-0.15, -0.1) is 0 Å². The number of nitrogens with zero attached hydrogens (tertiary/aromatic N) is 2. The maximum Gasteiger partial charge on any atom is 0.101 e. The van der Waals surface area contributed by atoms with E-state index in [1.54, 1.807) is 24.4 Å². The predicted octanol–water partition coefficient (Wildman–Crippen LogP) is 1.92. The molecule has 0 radical (unpaired) electrons. The molecule has 28 heavy (non-hydrogen) atoms. The van der Waals surface area contributed by atoms with Crippen molar-refractivity contribution in [2.24, 2.45) is 5.73 Å². The number of hydrogen-bond donors (Lipinski definition) is 3. The van der Waals surface area contributed by atoms with Crippen LogP contribution in [0.2, 0.25) is 0 Å². The van der Waals surface area contributed by atoms with E-state index in [1.807, 2.05) is 18.2 Å². The molecule has 4 N–H and O–H groups in total. The average Bonchev–Trinajstić information content (AvgIpc) is 2.74. The van der Waals surface area contributed by atoms with Crippen molar-refractivity contribution in [1.29, 1.82) is 10.5 Å². The minimum absolute atomic E-state index is 0.372. The summed E-state index contributed by atoms with van der Waals surface area (Å²) >= 11 is 0. The van der Waals surface area contributed by atoms with Gasteiger partial charge in [-0.25, -0.2) is 0 Å². The number of benzene rings is 2. The summed E-state index contributed by atoms with van der Waals surface area (Å²) in [6, 6.07) is 13.9. The Morgan fingerprint density at radius 2 is 1.82 bits per heavy atom. The Hall–Kier alpha value is -3.54. The first kappa shape index (κ1) is 19.2. The summed E-state index contributed by atoms with van der Waals surface area (Å²) in [4.78, 5) is 0. The first-order valence-electron chi connectivity index (χ1n) is 9.30. The molecule has 5 heteroatoms. The number of nitrogens with one attached hydrogen (secondary N) is 2. The monoisotopic (exact) mass is 369 g/mol. The van der Waals surface area contributed by atoms with Crippen LogP contribution in [0.3, 0.4) is 0 Å². The van der Waals surface area contributed by atoms with Crippen molar-refractivity contribution in [3.05, 3.63) is 64.6 Å². The van der Waals surface area contributed by atoms with E-state index in [0.29, 0.717) is 17.2 Å². The topological polar surface area (TPSA) is 97.7 Å². The Kier molecular flexibility index (Phi) is 6.11. The van der Waals surface area contributed by atoms with Crippen LogP contribution in [0.5, 0.6) is 0 Å². The van der Waals surface area contributed by atoms with Gasteiger partial charge in [0.2, 0.25) is 0 Å². The van der Waals surface area contributed by atoms with Crippen molar-refractivity contribution >= 4 is 18.0 Å². The summed E-state index contributed by atoms with van der Waals surface area (Å²) in [5.74, 6) is 0. The number of allylic oxidation sites excluding steroid dienone is 1. The van der Waals surface area contributed by atoms with Gasteiger partial charge in [0.15, 0.2) is 0 Å². The molecule has 0 spiro atoms. The maximum absolute atomic E-state index is 9.35. The Balaban J connectivity index is 2.15. The van der Waals surface area contributed by atoms with E-state index in [1.165, 1.54) is 0 Å². The standard InChI is InChI=1S/C23H23N5/c1-2-3-17-11-19(16-4-5-18(13-24)20(10-16)14-25)12-23(22(17)15-26)28-21-6-8-27-9-7-21/h2-5,10-12,15,21,27-28H,1,6-9,26H2/b17-3-,22-15+. The first-order chi connectivity index (χ1) is 13.7. The maximum atomic E-state index is 9.35. The van der Waals surface area contributed by atoms with Gasteiger partial charge in [-0.1, -0.05) is 24.8 Å². The predicted molar refractivity (Wildman–Crippen MR) is 113 cm³/mol. The van der Waals surface area contributed by atoms with Gasteiger partial charge in [0, 0.05) is 23.1 Å². The molecule has 1 aliphatic rings. The van der Waals surface area contributed by atoms with Crippen LogP contribution in [-0.4, -0.2) is 19.1 Å². The molecule has 1 heterocycles. The molecule has 140 valence electrons. The number of nitriles is 2. The third-order valence-electron chi connectivity index (χ3n) is 4.97. The van der Waals surface area contributed by atoms with Crippen LogP contribution in [0.15, 0.2) is 43.0 Å². The fourth-order valence-corrected chi connectivity index (χ4v) is 3.51. The van der Waals surface area contributed by atoms with Crippen molar-refractivity contribution in [3.8, 4) is 23.3 Å². The number of hydrogen-bond acceptors (Lipinski definition) is 5.